The second-order valence-corrected chi connectivity index (χ2v) is 5.08. The molecule has 20 heavy (non-hydrogen) atoms. The monoisotopic (exact) mass is 269 g/mol. The first-order chi connectivity index (χ1) is 9.66. The van der Waals surface area contributed by atoms with Crippen LogP contribution in [0.15, 0.2) is 36.4 Å². The quantitative estimate of drug-likeness (QED) is 0.682. The number of benzene rings is 1. The number of hydrogen-bond acceptors (Lipinski definition) is 4. The van der Waals surface area contributed by atoms with Gasteiger partial charge in [-0.2, -0.15) is 0 Å². The summed E-state index contributed by atoms with van der Waals surface area (Å²) in [6.07, 6.45) is 3.48. The molecule has 1 aromatic carbocycles. The lowest BCUT2D eigenvalue weighted by molar-refractivity contribution is -0.384. The van der Waals surface area contributed by atoms with Crippen molar-refractivity contribution in [2.45, 2.75) is 25.2 Å². The van der Waals surface area contributed by atoms with Crippen LogP contribution in [0.4, 0.5) is 11.5 Å². The minimum Gasteiger partial charge on any atom is -0.384 e. The molecule has 2 N–H and O–H groups in total. The van der Waals surface area contributed by atoms with E-state index in [-0.39, 0.29) is 5.69 Å². The zero-order valence-corrected chi connectivity index (χ0v) is 11.0. The second-order valence-electron chi connectivity index (χ2n) is 5.08. The normalized spacial score (nSPS) is 14.8. The van der Waals surface area contributed by atoms with Crippen LogP contribution in [-0.4, -0.2) is 9.91 Å². The predicted octanol–water partition coefficient (Wildman–Crippen LogP) is 3.51. The second kappa shape index (κ2) is 4.92. The molecule has 0 radical (unpaired) electrons. The van der Waals surface area contributed by atoms with Crippen LogP contribution in [0.25, 0.3) is 11.3 Å². The Kier molecular flexibility index (Phi) is 3.10. The molecule has 2 aromatic rings. The van der Waals surface area contributed by atoms with Gasteiger partial charge in [-0.25, -0.2) is 4.98 Å². The first-order valence-electron chi connectivity index (χ1n) is 6.67. The maximum Gasteiger partial charge on any atom is 0.295 e. The van der Waals surface area contributed by atoms with Gasteiger partial charge in [0.25, 0.3) is 5.69 Å². The molecule has 0 unspecified atom stereocenters. The van der Waals surface area contributed by atoms with E-state index in [2.05, 4.69) is 4.98 Å². The molecule has 1 heterocycles. The number of nitrogens with two attached hydrogens (primary N) is 1. The third kappa shape index (κ3) is 2.11. The first-order valence-corrected chi connectivity index (χ1v) is 6.67. The van der Waals surface area contributed by atoms with Crippen molar-refractivity contribution < 1.29 is 4.92 Å². The van der Waals surface area contributed by atoms with Gasteiger partial charge in [0.05, 0.1) is 4.92 Å². The summed E-state index contributed by atoms with van der Waals surface area (Å²) < 4.78 is 0. The standard InChI is InChI=1S/C15H15N3O2/c16-14-9-8-13(18(19)20)15(17-14)12-7-2-1-6-11(12)10-4-3-5-10/h1-2,6-10H,3-5H2,(H2,16,17). The van der Waals surface area contributed by atoms with Crippen LogP contribution < -0.4 is 5.73 Å². The summed E-state index contributed by atoms with van der Waals surface area (Å²) in [5.74, 6) is 0.781. The van der Waals surface area contributed by atoms with Crippen LogP contribution >= 0.6 is 0 Å². The van der Waals surface area contributed by atoms with Gasteiger partial charge >= 0.3 is 0 Å². The number of nitrogens with zero attached hydrogens (tertiary/aromatic N) is 2. The fraction of sp³-hybridized carbons (Fsp3) is 0.267. The molecule has 0 bridgehead atoms. The van der Waals surface area contributed by atoms with E-state index in [9.17, 15) is 10.1 Å². The Morgan fingerprint density at radius 1 is 1.20 bits per heavy atom. The molecule has 0 aliphatic heterocycles. The minimum atomic E-state index is -0.403. The molecular weight excluding hydrogens is 254 g/mol. The van der Waals surface area contributed by atoms with E-state index >= 15 is 0 Å². The van der Waals surface area contributed by atoms with Crippen LogP contribution in [-0.2, 0) is 0 Å². The van der Waals surface area contributed by atoms with E-state index in [1.807, 2.05) is 24.3 Å². The predicted molar refractivity (Wildman–Crippen MR) is 77.3 cm³/mol. The molecule has 5 nitrogen and oxygen atoms in total. The average molecular weight is 269 g/mol. The number of rotatable bonds is 3. The highest BCUT2D eigenvalue weighted by Gasteiger charge is 2.26. The maximum atomic E-state index is 11.2. The van der Waals surface area contributed by atoms with E-state index in [4.69, 9.17) is 5.73 Å². The van der Waals surface area contributed by atoms with Crippen LogP contribution in [0.3, 0.4) is 0 Å². The molecule has 0 saturated heterocycles. The molecule has 0 amide bonds. The zero-order valence-electron chi connectivity index (χ0n) is 11.0. The van der Waals surface area contributed by atoms with Gasteiger partial charge in [-0.1, -0.05) is 30.7 Å². The smallest absolute Gasteiger partial charge is 0.295 e. The van der Waals surface area contributed by atoms with Crippen molar-refractivity contribution in [2.75, 3.05) is 5.73 Å². The van der Waals surface area contributed by atoms with Gasteiger partial charge in [0.1, 0.15) is 5.82 Å². The molecule has 0 spiro atoms. The summed E-state index contributed by atoms with van der Waals surface area (Å²) in [5, 5.41) is 11.2. The molecule has 1 saturated carbocycles. The number of nitrogen functional groups attached to an aromatic ring is 1. The zero-order chi connectivity index (χ0) is 14.1. The summed E-state index contributed by atoms with van der Waals surface area (Å²) in [5.41, 5.74) is 8.05. The van der Waals surface area contributed by atoms with E-state index in [0.29, 0.717) is 17.4 Å². The van der Waals surface area contributed by atoms with Gasteiger partial charge in [-0.05, 0) is 30.4 Å². The lowest BCUT2D eigenvalue weighted by Crippen LogP contribution is -2.10. The van der Waals surface area contributed by atoms with Gasteiger partial charge in [0, 0.05) is 11.6 Å². The topological polar surface area (TPSA) is 82.0 Å². The summed E-state index contributed by atoms with van der Waals surface area (Å²) in [7, 11) is 0. The highest BCUT2D eigenvalue weighted by atomic mass is 16.6. The largest absolute Gasteiger partial charge is 0.384 e. The van der Waals surface area contributed by atoms with E-state index < -0.39 is 4.92 Å². The fourth-order valence-electron chi connectivity index (χ4n) is 2.60. The number of anilines is 1. The van der Waals surface area contributed by atoms with Gasteiger partial charge in [-0.3, -0.25) is 10.1 Å². The Morgan fingerprint density at radius 3 is 2.60 bits per heavy atom. The third-order valence-electron chi connectivity index (χ3n) is 3.85. The van der Waals surface area contributed by atoms with Gasteiger partial charge in [0.15, 0.2) is 5.69 Å². The Balaban J connectivity index is 2.18. The maximum absolute atomic E-state index is 11.2. The Bertz CT molecular complexity index is 666. The molecule has 1 fully saturated rings. The van der Waals surface area contributed by atoms with Crippen molar-refractivity contribution in [3.63, 3.8) is 0 Å². The fourth-order valence-corrected chi connectivity index (χ4v) is 2.60. The number of nitro groups is 1. The summed E-state index contributed by atoms with van der Waals surface area (Å²) >= 11 is 0. The molecule has 3 rings (SSSR count). The van der Waals surface area contributed by atoms with Gasteiger partial charge in [-0.15, -0.1) is 0 Å². The van der Waals surface area contributed by atoms with Gasteiger partial charge in [0.2, 0.25) is 0 Å². The molecule has 1 aliphatic rings. The van der Waals surface area contributed by atoms with Crippen molar-refractivity contribution >= 4 is 11.5 Å². The minimum absolute atomic E-state index is 0.00553. The number of hydrogen-bond donors (Lipinski definition) is 1. The summed E-state index contributed by atoms with van der Waals surface area (Å²) in [4.78, 5) is 15.0. The third-order valence-corrected chi connectivity index (χ3v) is 3.85. The lowest BCUT2D eigenvalue weighted by atomic mass is 9.77. The molecule has 5 heteroatoms. The van der Waals surface area contributed by atoms with E-state index in [1.54, 1.807) is 0 Å². The Labute approximate surface area is 116 Å². The van der Waals surface area contributed by atoms with Crippen LogP contribution in [0, 0.1) is 10.1 Å². The molecule has 102 valence electrons. The molecular formula is C15H15N3O2. The average Bonchev–Trinajstić information content (AvgIpc) is 2.37. The number of aromatic nitrogens is 1. The highest BCUT2D eigenvalue weighted by Crippen LogP contribution is 2.42. The number of pyridine rings is 1. The Morgan fingerprint density at radius 2 is 1.95 bits per heavy atom. The van der Waals surface area contributed by atoms with Crippen molar-refractivity contribution in [1.29, 1.82) is 0 Å². The van der Waals surface area contributed by atoms with Crippen LogP contribution in [0.5, 0.6) is 0 Å². The van der Waals surface area contributed by atoms with Crippen molar-refractivity contribution in [1.82, 2.24) is 4.98 Å². The van der Waals surface area contributed by atoms with Gasteiger partial charge < -0.3 is 5.73 Å². The molecule has 1 aliphatic carbocycles. The molecule has 0 atom stereocenters. The van der Waals surface area contributed by atoms with Crippen molar-refractivity contribution in [3.8, 4) is 11.3 Å². The van der Waals surface area contributed by atoms with E-state index in [0.717, 1.165) is 24.0 Å². The van der Waals surface area contributed by atoms with E-state index in [1.165, 1.54) is 18.6 Å². The SMILES string of the molecule is Nc1ccc([N+](=O)[O-])c(-c2ccccc2C2CCC2)n1. The summed E-state index contributed by atoms with van der Waals surface area (Å²) in [6.45, 7) is 0. The Hall–Kier alpha value is -2.43. The molecule has 1 aromatic heterocycles. The van der Waals surface area contributed by atoms with Crippen LogP contribution in [0.1, 0.15) is 30.7 Å². The first kappa shape index (κ1) is 12.6. The summed E-state index contributed by atoms with van der Waals surface area (Å²) in [6, 6.07) is 10.7. The highest BCUT2D eigenvalue weighted by molar-refractivity contribution is 5.74. The lowest BCUT2D eigenvalue weighted by Gasteiger charge is -2.27. The van der Waals surface area contributed by atoms with Crippen molar-refractivity contribution in [3.05, 3.63) is 52.1 Å². The van der Waals surface area contributed by atoms with Crippen molar-refractivity contribution in [2.24, 2.45) is 0 Å². The van der Waals surface area contributed by atoms with Crippen LogP contribution in [0.2, 0.25) is 0 Å².